The fourth-order valence-corrected chi connectivity index (χ4v) is 3.48. The van der Waals surface area contributed by atoms with Gasteiger partial charge in [-0.2, -0.15) is 0 Å². The Morgan fingerprint density at radius 1 is 1.00 bits per heavy atom. The van der Waals surface area contributed by atoms with Gasteiger partial charge < -0.3 is 9.80 Å². The van der Waals surface area contributed by atoms with Gasteiger partial charge in [-0.3, -0.25) is 4.79 Å². The topological polar surface area (TPSA) is 49.3 Å². The van der Waals surface area contributed by atoms with E-state index in [9.17, 15) is 4.79 Å². The number of piperidine rings is 1. The average molecular weight is 322 g/mol. The van der Waals surface area contributed by atoms with E-state index < -0.39 is 0 Å². The van der Waals surface area contributed by atoms with Crippen LogP contribution in [0.5, 0.6) is 0 Å². The first-order chi connectivity index (χ1) is 11.8. The normalized spacial score (nSPS) is 18.3. The summed E-state index contributed by atoms with van der Waals surface area (Å²) in [5.74, 6) is 1.35. The molecule has 0 spiro atoms. The van der Waals surface area contributed by atoms with Crippen molar-refractivity contribution in [2.45, 2.75) is 19.3 Å². The molecule has 1 amide bonds. The molecule has 0 aliphatic carbocycles. The quantitative estimate of drug-likeness (QED) is 0.871. The lowest BCUT2D eigenvalue weighted by atomic mass is 9.97. The predicted octanol–water partition coefficient (Wildman–Crippen LogP) is 2.59. The van der Waals surface area contributed by atoms with E-state index >= 15 is 0 Å². The predicted molar refractivity (Wildman–Crippen MR) is 93.6 cm³/mol. The van der Waals surface area contributed by atoms with Crippen molar-refractivity contribution >= 4 is 11.7 Å². The lowest BCUT2D eigenvalue weighted by Crippen LogP contribution is -2.55. The van der Waals surface area contributed by atoms with Gasteiger partial charge in [0.1, 0.15) is 12.1 Å². The molecule has 0 bridgehead atoms. The van der Waals surface area contributed by atoms with Crippen LogP contribution in [0.15, 0.2) is 42.7 Å². The highest BCUT2D eigenvalue weighted by atomic mass is 16.2. The van der Waals surface area contributed by atoms with Gasteiger partial charge in [0.15, 0.2) is 0 Å². The van der Waals surface area contributed by atoms with Crippen molar-refractivity contribution in [2.24, 2.45) is 5.92 Å². The molecule has 0 saturated carbocycles. The average Bonchev–Trinajstić information content (AvgIpc) is 2.62. The summed E-state index contributed by atoms with van der Waals surface area (Å²) < 4.78 is 0. The van der Waals surface area contributed by atoms with E-state index in [4.69, 9.17) is 0 Å². The van der Waals surface area contributed by atoms with Gasteiger partial charge in [-0.15, -0.1) is 0 Å². The van der Waals surface area contributed by atoms with Gasteiger partial charge in [0.2, 0.25) is 5.91 Å². The monoisotopic (exact) mass is 322 g/mol. The summed E-state index contributed by atoms with van der Waals surface area (Å²) in [5, 5.41) is 0. The minimum Gasteiger partial charge on any atom is -0.355 e. The van der Waals surface area contributed by atoms with Crippen LogP contribution in [0.3, 0.4) is 0 Å². The minimum atomic E-state index is 0.123. The molecule has 0 unspecified atom stereocenters. The maximum atomic E-state index is 12.5. The van der Waals surface area contributed by atoms with Crippen LogP contribution in [-0.4, -0.2) is 47.0 Å². The summed E-state index contributed by atoms with van der Waals surface area (Å²) in [4.78, 5) is 25.5. The van der Waals surface area contributed by atoms with Gasteiger partial charge in [-0.25, -0.2) is 9.97 Å². The van der Waals surface area contributed by atoms with Gasteiger partial charge in [-0.05, 0) is 19.3 Å². The number of aromatic nitrogens is 2. The molecule has 0 N–H and O–H groups in total. The van der Waals surface area contributed by atoms with Crippen LogP contribution in [0, 0.1) is 5.92 Å². The zero-order valence-electron chi connectivity index (χ0n) is 13.8. The SMILES string of the molecule is O=C(C1CN(c2cc(-c3ccccc3)ncn2)C1)N1CCCCC1. The number of benzene rings is 1. The lowest BCUT2D eigenvalue weighted by molar-refractivity contribution is -0.137. The summed E-state index contributed by atoms with van der Waals surface area (Å²) in [6.45, 7) is 3.39. The van der Waals surface area contributed by atoms with E-state index in [2.05, 4.69) is 14.9 Å². The molecule has 3 heterocycles. The van der Waals surface area contributed by atoms with Crippen LogP contribution < -0.4 is 4.90 Å². The first-order valence-electron chi connectivity index (χ1n) is 8.72. The summed E-state index contributed by atoms with van der Waals surface area (Å²) in [5.41, 5.74) is 2.01. The third-order valence-electron chi connectivity index (χ3n) is 4.94. The number of amides is 1. The van der Waals surface area contributed by atoms with E-state index in [1.807, 2.05) is 41.3 Å². The van der Waals surface area contributed by atoms with Gasteiger partial charge in [0, 0.05) is 37.8 Å². The maximum Gasteiger partial charge on any atom is 0.229 e. The van der Waals surface area contributed by atoms with E-state index in [0.717, 1.165) is 56.1 Å². The smallest absolute Gasteiger partial charge is 0.229 e. The fraction of sp³-hybridized carbons (Fsp3) is 0.421. The number of carbonyl (C=O) groups excluding carboxylic acids is 1. The van der Waals surface area contributed by atoms with E-state index in [-0.39, 0.29) is 5.92 Å². The molecular formula is C19H22N4O. The van der Waals surface area contributed by atoms with Gasteiger partial charge in [-0.1, -0.05) is 30.3 Å². The van der Waals surface area contributed by atoms with Crippen LogP contribution in [0.4, 0.5) is 5.82 Å². The molecule has 1 aromatic carbocycles. The summed E-state index contributed by atoms with van der Waals surface area (Å²) in [7, 11) is 0. The Balaban J connectivity index is 1.41. The molecule has 2 aliphatic rings. The maximum absolute atomic E-state index is 12.5. The number of carbonyl (C=O) groups is 1. The molecule has 2 fully saturated rings. The largest absolute Gasteiger partial charge is 0.355 e. The van der Waals surface area contributed by atoms with Crippen LogP contribution in [0.1, 0.15) is 19.3 Å². The molecule has 2 saturated heterocycles. The summed E-state index contributed by atoms with van der Waals surface area (Å²) >= 11 is 0. The number of anilines is 1. The number of rotatable bonds is 3. The third-order valence-corrected chi connectivity index (χ3v) is 4.94. The standard InChI is InChI=1S/C19H22N4O/c24-19(22-9-5-2-6-10-22)16-12-23(13-16)18-11-17(20-14-21-18)15-7-3-1-4-8-15/h1,3-4,7-8,11,14,16H,2,5-6,9-10,12-13H2. The Labute approximate surface area is 142 Å². The second-order valence-corrected chi connectivity index (χ2v) is 6.62. The Kier molecular flexibility index (Phi) is 4.15. The Bertz CT molecular complexity index is 706. The highest BCUT2D eigenvalue weighted by molar-refractivity contribution is 5.82. The van der Waals surface area contributed by atoms with Crippen molar-refractivity contribution in [2.75, 3.05) is 31.1 Å². The van der Waals surface area contributed by atoms with Crippen molar-refractivity contribution in [1.82, 2.24) is 14.9 Å². The third kappa shape index (κ3) is 2.98. The van der Waals surface area contributed by atoms with Crippen molar-refractivity contribution < 1.29 is 4.79 Å². The van der Waals surface area contributed by atoms with E-state index in [1.165, 1.54) is 6.42 Å². The molecule has 5 heteroatoms. The zero-order valence-corrected chi connectivity index (χ0v) is 13.8. The molecule has 24 heavy (non-hydrogen) atoms. The van der Waals surface area contributed by atoms with Gasteiger partial charge >= 0.3 is 0 Å². The molecule has 0 radical (unpaired) electrons. The van der Waals surface area contributed by atoms with Gasteiger partial charge in [0.05, 0.1) is 11.6 Å². The Morgan fingerprint density at radius 2 is 1.75 bits per heavy atom. The van der Waals surface area contributed by atoms with E-state index in [1.54, 1.807) is 6.33 Å². The molecule has 124 valence electrons. The number of hydrogen-bond donors (Lipinski definition) is 0. The number of hydrogen-bond acceptors (Lipinski definition) is 4. The number of nitrogens with zero attached hydrogens (tertiary/aromatic N) is 4. The van der Waals surface area contributed by atoms with Crippen LogP contribution >= 0.6 is 0 Å². The van der Waals surface area contributed by atoms with Crippen molar-refractivity contribution in [3.05, 3.63) is 42.7 Å². The zero-order chi connectivity index (χ0) is 16.4. The van der Waals surface area contributed by atoms with Crippen LogP contribution in [0.25, 0.3) is 11.3 Å². The van der Waals surface area contributed by atoms with Gasteiger partial charge in [0.25, 0.3) is 0 Å². The second kappa shape index (κ2) is 6.59. The molecule has 5 nitrogen and oxygen atoms in total. The van der Waals surface area contributed by atoms with Crippen molar-refractivity contribution in [1.29, 1.82) is 0 Å². The van der Waals surface area contributed by atoms with Crippen LogP contribution in [0.2, 0.25) is 0 Å². The minimum absolute atomic E-state index is 0.123. The first-order valence-corrected chi connectivity index (χ1v) is 8.72. The van der Waals surface area contributed by atoms with Crippen molar-refractivity contribution in [3.8, 4) is 11.3 Å². The highest BCUT2D eigenvalue weighted by Crippen LogP contribution is 2.27. The molecule has 4 rings (SSSR count). The first kappa shape index (κ1) is 15.1. The van der Waals surface area contributed by atoms with Crippen molar-refractivity contribution in [3.63, 3.8) is 0 Å². The summed E-state index contributed by atoms with van der Waals surface area (Å²) in [6.07, 6.45) is 5.16. The molecule has 1 aromatic heterocycles. The Morgan fingerprint density at radius 3 is 2.50 bits per heavy atom. The fourth-order valence-electron chi connectivity index (χ4n) is 3.48. The lowest BCUT2D eigenvalue weighted by Gasteiger charge is -2.42. The molecule has 2 aromatic rings. The van der Waals surface area contributed by atoms with Crippen LogP contribution in [-0.2, 0) is 4.79 Å². The summed E-state index contributed by atoms with van der Waals surface area (Å²) in [6, 6.07) is 12.1. The Hall–Kier alpha value is -2.43. The second-order valence-electron chi connectivity index (χ2n) is 6.62. The number of likely N-dealkylation sites (tertiary alicyclic amines) is 1. The van der Waals surface area contributed by atoms with E-state index in [0.29, 0.717) is 5.91 Å². The molecule has 2 aliphatic heterocycles. The molecule has 0 atom stereocenters. The highest BCUT2D eigenvalue weighted by Gasteiger charge is 2.36. The molecular weight excluding hydrogens is 300 g/mol.